The number of nitrogens with zero attached hydrogens (tertiary/aromatic N) is 2. The molecular weight excluding hydrogens is 305 g/mol. The van der Waals surface area contributed by atoms with Gasteiger partial charge < -0.3 is 19.7 Å². The molecule has 1 aliphatic heterocycles. The Morgan fingerprint density at radius 1 is 1.38 bits per heavy atom. The van der Waals surface area contributed by atoms with E-state index in [4.69, 9.17) is 9.39 Å². The topological polar surface area (TPSA) is 76.5 Å². The second-order valence-corrected chi connectivity index (χ2v) is 5.94. The molecule has 1 aliphatic rings. The van der Waals surface area contributed by atoms with Gasteiger partial charge in [-0.15, -0.1) is 0 Å². The zero-order valence-corrected chi connectivity index (χ0v) is 14.2. The summed E-state index contributed by atoms with van der Waals surface area (Å²) in [7, 11) is -0.829. The zero-order valence-electron chi connectivity index (χ0n) is 14.2. The standard InChI is InChI=1S/C17H22BN3O3/c1-4-14(5-2)24-16-11(3)9-19-17(21-16)20-13-6-7-15-12(8-13)10-23-18(15)22/h6-9,14,22H,4-5,10H2,1-3H3,(H,19,20,21). The first kappa shape index (κ1) is 16.7. The maximum atomic E-state index is 9.68. The number of aromatic nitrogens is 2. The Hall–Kier alpha value is -2.12. The highest BCUT2D eigenvalue weighted by Gasteiger charge is 2.27. The Balaban J connectivity index is 1.78. The number of rotatable bonds is 6. The largest absolute Gasteiger partial charge is 0.491 e. The summed E-state index contributed by atoms with van der Waals surface area (Å²) >= 11 is 0. The smallest absolute Gasteiger partial charge is 0.474 e. The summed E-state index contributed by atoms with van der Waals surface area (Å²) in [5.74, 6) is 1.10. The van der Waals surface area contributed by atoms with E-state index in [0.29, 0.717) is 18.4 Å². The second-order valence-electron chi connectivity index (χ2n) is 5.94. The Kier molecular flexibility index (Phi) is 5.01. The van der Waals surface area contributed by atoms with E-state index in [2.05, 4.69) is 29.1 Å². The van der Waals surface area contributed by atoms with E-state index in [1.807, 2.05) is 25.1 Å². The lowest BCUT2D eigenvalue weighted by atomic mass is 9.79. The van der Waals surface area contributed by atoms with Crippen LogP contribution in [0.5, 0.6) is 5.88 Å². The molecule has 1 aromatic heterocycles. The van der Waals surface area contributed by atoms with Crippen molar-refractivity contribution in [1.82, 2.24) is 9.97 Å². The lowest BCUT2D eigenvalue weighted by Gasteiger charge is -2.17. The van der Waals surface area contributed by atoms with Crippen LogP contribution in [0.25, 0.3) is 0 Å². The third-order valence-corrected chi connectivity index (χ3v) is 4.18. The number of hydrogen-bond donors (Lipinski definition) is 2. The summed E-state index contributed by atoms with van der Waals surface area (Å²) in [6, 6.07) is 5.67. The van der Waals surface area contributed by atoms with Crippen LogP contribution in [0, 0.1) is 6.92 Å². The third kappa shape index (κ3) is 3.52. The minimum atomic E-state index is -0.829. The zero-order chi connectivity index (χ0) is 17.1. The quantitative estimate of drug-likeness (QED) is 0.793. The van der Waals surface area contributed by atoms with Gasteiger partial charge in [0.05, 0.1) is 12.7 Å². The van der Waals surface area contributed by atoms with Crippen LogP contribution in [0.15, 0.2) is 24.4 Å². The van der Waals surface area contributed by atoms with Crippen molar-refractivity contribution in [3.05, 3.63) is 35.5 Å². The van der Waals surface area contributed by atoms with Crippen LogP contribution in [0.4, 0.5) is 11.6 Å². The van der Waals surface area contributed by atoms with Crippen molar-refractivity contribution in [2.45, 2.75) is 46.3 Å². The summed E-state index contributed by atoms with van der Waals surface area (Å²) in [6.07, 6.45) is 3.80. The molecule has 0 bridgehead atoms. The molecule has 0 spiro atoms. The van der Waals surface area contributed by atoms with E-state index in [-0.39, 0.29) is 6.10 Å². The number of aryl methyl sites for hydroxylation is 1. The van der Waals surface area contributed by atoms with Crippen LogP contribution in [0.1, 0.15) is 37.8 Å². The van der Waals surface area contributed by atoms with Crippen LogP contribution < -0.4 is 15.5 Å². The molecule has 126 valence electrons. The van der Waals surface area contributed by atoms with Crippen LogP contribution in [-0.4, -0.2) is 28.2 Å². The molecule has 2 N–H and O–H groups in total. The average molecular weight is 327 g/mol. The first-order valence-electron chi connectivity index (χ1n) is 8.30. The fraction of sp³-hybridized carbons (Fsp3) is 0.412. The lowest BCUT2D eigenvalue weighted by Crippen LogP contribution is -2.27. The molecule has 6 nitrogen and oxygen atoms in total. The number of benzene rings is 1. The molecule has 0 saturated heterocycles. The Morgan fingerprint density at radius 3 is 2.92 bits per heavy atom. The number of nitrogens with one attached hydrogen (secondary N) is 1. The fourth-order valence-corrected chi connectivity index (χ4v) is 2.66. The van der Waals surface area contributed by atoms with Gasteiger partial charge in [-0.2, -0.15) is 4.98 Å². The number of anilines is 2. The first-order valence-corrected chi connectivity index (χ1v) is 8.30. The monoisotopic (exact) mass is 327 g/mol. The van der Waals surface area contributed by atoms with Crippen molar-refractivity contribution in [3.8, 4) is 5.88 Å². The highest BCUT2D eigenvalue weighted by Crippen LogP contribution is 2.22. The van der Waals surface area contributed by atoms with Gasteiger partial charge in [0.25, 0.3) is 0 Å². The van der Waals surface area contributed by atoms with Gasteiger partial charge in [0.15, 0.2) is 0 Å². The third-order valence-electron chi connectivity index (χ3n) is 4.18. The van der Waals surface area contributed by atoms with E-state index in [9.17, 15) is 5.02 Å². The predicted octanol–water partition coefficient (Wildman–Crippen LogP) is 2.31. The molecule has 0 saturated carbocycles. The molecule has 2 heterocycles. The van der Waals surface area contributed by atoms with Gasteiger partial charge in [0.1, 0.15) is 0 Å². The summed E-state index contributed by atoms with van der Waals surface area (Å²) in [4.78, 5) is 8.81. The summed E-state index contributed by atoms with van der Waals surface area (Å²) in [5, 5.41) is 12.9. The maximum Gasteiger partial charge on any atom is 0.491 e. The normalized spacial score (nSPS) is 13.3. The molecule has 0 amide bonds. The average Bonchev–Trinajstić information content (AvgIpc) is 2.96. The summed E-state index contributed by atoms with van der Waals surface area (Å²) in [6.45, 7) is 6.55. The minimum absolute atomic E-state index is 0.157. The van der Waals surface area contributed by atoms with Crippen molar-refractivity contribution >= 4 is 24.2 Å². The highest BCUT2D eigenvalue weighted by atomic mass is 16.5. The maximum absolute atomic E-state index is 9.68. The molecule has 0 fully saturated rings. The van der Waals surface area contributed by atoms with Crippen LogP contribution in [-0.2, 0) is 11.3 Å². The Labute approximate surface area is 142 Å². The van der Waals surface area contributed by atoms with Crippen molar-refractivity contribution in [2.75, 3.05) is 5.32 Å². The second kappa shape index (κ2) is 7.19. The van der Waals surface area contributed by atoms with Crippen molar-refractivity contribution < 1.29 is 14.4 Å². The molecule has 0 radical (unpaired) electrons. The SMILES string of the molecule is CCC(CC)Oc1nc(Nc2ccc3c(c2)COB3O)ncc1C. The molecule has 0 aliphatic carbocycles. The Morgan fingerprint density at radius 2 is 2.17 bits per heavy atom. The van der Waals surface area contributed by atoms with E-state index in [1.165, 1.54) is 0 Å². The van der Waals surface area contributed by atoms with Crippen molar-refractivity contribution in [1.29, 1.82) is 0 Å². The lowest BCUT2D eigenvalue weighted by molar-refractivity contribution is 0.183. The van der Waals surface area contributed by atoms with Crippen LogP contribution >= 0.6 is 0 Å². The summed E-state index contributed by atoms with van der Waals surface area (Å²) in [5.41, 5.74) is 3.54. The van der Waals surface area contributed by atoms with Gasteiger partial charge in [-0.25, -0.2) is 4.98 Å². The summed E-state index contributed by atoms with van der Waals surface area (Å²) < 4.78 is 11.2. The molecule has 7 heteroatoms. The van der Waals surface area contributed by atoms with E-state index in [1.54, 1.807) is 6.20 Å². The molecule has 1 aromatic carbocycles. The molecule has 2 aromatic rings. The van der Waals surface area contributed by atoms with Crippen molar-refractivity contribution in [2.24, 2.45) is 0 Å². The van der Waals surface area contributed by atoms with E-state index < -0.39 is 7.12 Å². The molecular formula is C17H22BN3O3. The molecule has 0 atom stereocenters. The fourth-order valence-electron chi connectivity index (χ4n) is 2.66. The molecule has 3 rings (SSSR count). The van der Waals surface area contributed by atoms with Gasteiger partial charge in [0, 0.05) is 17.4 Å². The molecule has 0 unspecified atom stereocenters. The van der Waals surface area contributed by atoms with Gasteiger partial charge in [-0.05, 0) is 42.9 Å². The van der Waals surface area contributed by atoms with Crippen LogP contribution in [0.3, 0.4) is 0 Å². The first-order chi connectivity index (χ1) is 11.6. The van der Waals surface area contributed by atoms with Crippen LogP contribution in [0.2, 0.25) is 0 Å². The van der Waals surface area contributed by atoms with Gasteiger partial charge in [-0.1, -0.05) is 19.9 Å². The predicted molar refractivity (Wildman–Crippen MR) is 93.9 cm³/mol. The Bertz CT molecular complexity index is 722. The minimum Gasteiger partial charge on any atom is -0.474 e. The molecule has 24 heavy (non-hydrogen) atoms. The number of ether oxygens (including phenoxy) is 1. The highest BCUT2D eigenvalue weighted by molar-refractivity contribution is 6.61. The number of hydrogen-bond acceptors (Lipinski definition) is 6. The van der Waals surface area contributed by atoms with Gasteiger partial charge in [0.2, 0.25) is 11.8 Å². The van der Waals surface area contributed by atoms with Gasteiger partial charge in [-0.3, -0.25) is 0 Å². The van der Waals surface area contributed by atoms with Crippen molar-refractivity contribution in [3.63, 3.8) is 0 Å². The number of fused-ring (bicyclic) bond motifs is 1. The van der Waals surface area contributed by atoms with E-state index >= 15 is 0 Å². The van der Waals surface area contributed by atoms with Gasteiger partial charge >= 0.3 is 7.12 Å². The van der Waals surface area contributed by atoms with E-state index in [0.717, 1.165) is 35.1 Å².